The summed E-state index contributed by atoms with van der Waals surface area (Å²) in [6.45, 7) is 2.22. The Bertz CT molecular complexity index is 892. The lowest BCUT2D eigenvalue weighted by Crippen LogP contribution is -2.46. The van der Waals surface area contributed by atoms with Gasteiger partial charge in [-0.2, -0.15) is 4.31 Å². The number of hydrogen-bond donors (Lipinski definition) is 1. The number of piperidine rings is 1. The second-order valence-electron chi connectivity index (χ2n) is 6.43. The highest BCUT2D eigenvalue weighted by molar-refractivity contribution is 7.89. The van der Waals surface area contributed by atoms with E-state index in [2.05, 4.69) is 5.32 Å². The summed E-state index contributed by atoms with van der Waals surface area (Å²) >= 11 is 0. The van der Waals surface area contributed by atoms with Gasteiger partial charge in [0.25, 0.3) is 5.91 Å². The zero-order valence-corrected chi connectivity index (χ0v) is 15.3. The van der Waals surface area contributed by atoms with E-state index in [4.69, 9.17) is 0 Å². The van der Waals surface area contributed by atoms with Gasteiger partial charge in [0.2, 0.25) is 10.0 Å². The van der Waals surface area contributed by atoms with Crippen LogP contribution in [0.3, 0.4) is 0 Å². The molecule has 138 valence electrons. The average Bonchev–Trinajstić information content (AvgIpc) is 2.62. The number of aryl methyl sites for hydroxylation is 1. The van der Waals surface area contributed by atoms with Gasteiger partial charge in [0.15, 0.2) is 0 Å². The van der Waals surface area contributed by atoms with Crippen LogP contribution in [0.1, 0.15) is 28.8 Å². The number of carbonyl (C=O) groups is 1. The van der Waals surface area contributed by atoms with Gasteiger partial charge >= 0.3 is 0 Å². The van der Waals surface area contributed by atoms with Gasteiger partial charge in [-0.15, -0.1) is 0 Å². The van der Waals surface area contributed by atoms with Gasteiger partial charge in [0.1, 0.15) is 5.82 Å². The van der Waals surface area contributed by atoms with Crippen molar-refractivity contribution in [3.05, 3.63) is 65.5 Å². The molecule has 1 fully saturated rings. The van der Waals surface area contributed by atoms with E-state index >= 15 is 0 Å². The molecule has 0 unspecified atom stereocenters. The molecule has 1 amide bonds. The van der Waals surface area contributed by atoms with Crippen molar-refractivity contribution in [2.45, 2.75) is 30.7 Å². The first-order valence-corrected chi connectivity index (χ1v) is 9.94. The van der Waals surface area contributed by atoms with Crippen LogP contribution in [0.2, 0.25) is 0 Å². The molecule has 0 bridgehead atoms. The van der Waals surface area contributed by atoms with Gasteiger partial charge in [0, 0.05) is 24.7 Å². The third-order valence-electron chi connectivity index (χ3n) is 4.58. The Morgan fingerprint density at radius 3 is 2.38 bits per heavy atom. The third-order valence-corrected chi connectivity index (χ3v) is 6.64. The summed E-state index contributed by atoms with van der Waals surface area (Å²) in [6, 6.07) is 12.6. The molecule has 0 spiro atoms. The maximum absolute atomic E-state index is 13.2. The summed E-state index contributed by atoms with van der Waals surface area (Å²) in [5, 5.41) is 2.96. The summed E-state index contributed by atoms with van der Waals surface area (Å²) in [4.78, 5) is 12.3. The van der Waals surface area contributed by atoms with Crippen molar-refractivity contribution in [1.82, 2.24) is 9.62 Å². The van der Waals surface area contributed by atoms with Gasteiger partial charge in [0.05, 0.1) is 4.90 Å². The molecule has 5 nitrogen and oxygen atoms in total. The molecule has 0 radical (unpaired) electrons. The van der Waals surface area contributed by atoms with Crippen molar-refractivity contribution in [2.75, 3.05) is 13.1 Å². The number of benzene rings is 2. The molecule has 1 aliphatic heterocycles. The summed E-state index contributed by atoms with van der Waals surface area (Å²) in [6.07, 6.45) is 1.08. The summed E-state index contributed by atoms with van der Waals surface area (Å²) in [5.41, 5.74) is 0.981. The maximum Gasteiger partial charge on any atom is 0.251 e. The maximum atomic E-state index is 13.2. The second kappa shape index (κ2) is 7.55. The average molecular weight is 376 g/mol. The molecule has 7 heteroatoms. The third kappa shape index (κ3) is 3.94. The highest BCUT2D eigenvalue weighted by Crippen LogP contribution is 2.24. The van der Waals surface area contributed by atoms with E-state index in [0.717, 1.165) is 6.07 Å². The van der Waals surface area contributed by atoms with Crippen LogP contribution in [0.5, 0.6) is 0 Å². The summed E-state index contributed by atoms with van der Waals surface area (Å²) < 4.78 is 40.2. The SMILES string of the molecule is Cc1cc(F)ccc1S(=O)(=O)N1CCC(NC(=O)c2ccccc2)CC1. The van der Waals surface area contributed by atoms with E-state index in [1.807, 2.05) is 6.07 Å². The molecule has 2 aromatic carbocycles. The van der Waals surface area contributed by atoms with E-state index in [0.29, 0.717) is 37.1 Å². The van der Waals surface area contributed by atoms with Crippen molar-refractivity contribution in [1.29, 1.82) is 0 Å². The normalized spacial score (nSPS) is 16.4. The van der Waals surface area contributed by atoms with Gasteiger partial charge in [-0.05, 0) is 55.7 Å². The van der Waals surface area contributed by atoms with E-state index in [1.165, 1.54) is 16.4 Å². The number of carbonyl (C=O) groups excluding carboxylic acids is 1. The molecule has 0 aliphatic carbocycles. The van der Waals surface area contributed by atoms with Crippen LogP contribution < -0.4 is 5.32 Å². The molecule has 26 heavy (non-hydrogen) atoms. The molecule has 2 aromatic rings. The molecular weight excluding hydrogens is 355 g/mol. The Morgan fingerprint density at radius 2 is 1.77 bits per heavy atom. The zero-order chi connectivity index (χ0) is 18.7. The van der Waals surface area contributed by atoms with Crippen LogP contribution in [-0.4, -0.2) is 37.8 Å². The number of sulfonamides is 1. The van der Waals surface area contributed by atoms with Crippen molar-refractivity contribution < 1.29 is 17.6 Å². The van der Waals surface area contributed by atoms with Crippen LogP contribution in [0.25, 0.3) is 0 Å². The first-order chi connectivity index (χ1) is 12.4. The fourth-order valence-corrected chi connectivity index (χ4v) is 4.82. The summed E-state index contributed by atoms with van der Waals surface area (Å²) in [5.74, 6) is -0.606. The van der Waals surface area contributed by atoms with Crippen LogP contribution in [0, 0.1) is 12.7 Å². The Hall–Kier alpha value is -2.25. The van der Waals surface area contributed by atoms with Gasteiger partial charge in [-0.1, -0.05) is 18.2 Å². The predicted molar refractivity (Wildman–Crippen MR) is 96.8 cm³/mol. The number of nitrogens with zero attached hydrogens (tertiary/aromatic N) is 1. The van der Waals surface area contributed by atoms with Crippen molar-refractivity contribution >= 4 is 15.9 Å². The molecule has 1 aliphatic rings. The smallest absolute Gasteiger partial charge is 0.251 e. The Balaban J connectivity index is 1.63. The fourth-order valence-electron chi connectivity index (χ4n) is 3.14. The Labute approximate surface area is 152 Å². The first kappa shape index (κ1) is 18.5. The highest BCUT2D eigenvalue weighted by Gasteiger charge is 2.31. The standard InChI is InChI=1S/C19H21FN2O3S/c1-14-13-16(20)7-8-18(14)26(24,25)22-11-9-17(10-12-22)21-19(23)15-5-3-2-4-6-15/h2-8,13,17H,9-12H2,1H3,(H,21,23). The molecule has 0 atom stereocenters. The molecule has 0 saturated carbocycles. The van der Waals surface area contributed by atoms with Crippen molar-refractivity contribution in [2.24, 2.45) is 0 Å². The lowest BCUT2D eigenvalue weighted by Gasteiger charge is -2.32. The van der Waals surface area contributed by atoms with Crippen LogP contribution in [0.15, 0.2) is 53.4 Å². The lowest BCUT2D eigenvalue weighted by molar-refractivity contribution is 0.0924. The van der Waals surface area contributed by atoms with Crippen LogP contribution in [-0.2, 0) is 10.0 Å². The van der Waals surface area contributed by atoms with Gasteiger partial charge in [-0.25, -0.2) is 12.8 Å². The topological polar surface area (TPSA) is 66.5 Å². The van der Waals surface area contributed by atoms with E-state index in [-0.39, 0.29) is 16.8 Å². The molecular formula is C19H21FN2O3S. The molecule has 1 heterocycles. The summed E-state index contributed by atoms with van der Waals surface area (Å²) in [7, 11) is -3.66. The van der Waals surface area contributed by atoms with E-state index in [1.54, 1.807) is 31.2 Å². The van der Waals surface area contributed by atoms with Crippen LogP contribution in [0.4, 0.5) is 4.39 Å². The molecule has 1 saturated heterocycles. The second-order valence-corrected chi connectivity index (χ2v) is 8.33. The van der Waals surface area contributed by atoms with E-state index in [9.17, 15) is 17.6 Å². The Morgan fingerprint density at radius 1 is 1.12 bits per heavy atom. The van der Waals surface area contributed by atoms with Crippen molar-refractivity contribution in [3.63, 3.8) is 0 Å². The number of rotatable bonds is 4. The van der Waals surface area contributed by atoms with Gasteiger partial charge in [-0.3, -0.25) is 4.79 Å². The monoisotopic (exact) mass is 376 g/mol. The number of amides is 1. The zero-order valence-electron chi connectivity index (χ0n) is 14.5. The minimum absolute atomic E-state index is 0.0662. The van der Waals surface area contributed by atoms with Crippen LogP contribution >= 0.6 is 0 Å². The quantitative estimate of drug-likeness (QED) is 0.892. The largest absolute Gasteiger partial charge is 0.349 e. The minimum atomic E-state index is -3.66. The highest BCUT2D eigenvalue weighted by atomic mass is 32.2. The molecule has 3 rings (SSSR count). The number of nitrogens with one attached hydrogen (secondary N) is 1. The van der Waals surface area contributed by atoms with Crippen molar-refractivity contribution in [3.8, 4) is 0 Å². The Kier molecular flexibility index (Phi) is 5.38. The first-order valence-electron chi connectivity index (χ1n) is 8.50. The van der Waals surface area contributed by atoms with Gasteiger partial charge < -0.3 is 5.32 Å². The number of hydrogen-bond acceptors (Lipinski definition) is 3. The predicted octanol–water partition coefficient (Wildman–Crippen LogP) is 2.72. The number of halogens is 1. The van der Waals surface area contributed by atoms with E-state index < -0.39 is 15.8 Å². The fraction of sp³-hybridized carbons (Fsp3) is 0.316. The lowest BCUT2D eigenvalue weighted by atomic mass is 10.1. The minimum Gasteiger partial charge on any atom is -0.349 e. The molecule has 0 aromatic heterocycles. The molecule has 1 N–H and O–H groups in total.